The smallest absolute Gasteiger partial charge is 0.0339 e. The second-order valence-corrected chi connectivity index (χ2v) is 6.51. The minimum absolute atomic E-state index is 0.768. The number of likely N-dealkylation sites (tertiary alicyclic amines) is 1. The molecule has 1 aromatic rings. The van der Waals surface area contributed by atoms with Crippen molar-refractivity contribution in [2.45, 2.75) is 25.8 Å². The van der Waals surface area contributed by atoms with Gasteiger partial charge >= 0.3 is 0 Å². The lowest BCUT2D eigenvalue weighted by molar-refractivity contribution is 0.314. The van der Waals surface area contributed by atoms with Crippen molar-refractivity contribution in [2.75, 3.05) is 13.1 Å². The number of halogens is 1. The Balaban J connectivity index is 1.66. The minimum Gasteiger partial charge on any atom is -0.298 e. The van der Waals surface area contributed by atoms with Gasteiger partial charge in [-0.2, -0.15) is 0 Å². The maximum Gasteiger partial charge on any atom is 0.0339 e. The Kier molecular flexibility index (Phi) is 2.22. The average molecular weight is 272 g/mol. The van der Waals surface area contributed by atoms with E-state index in [1.54, 1.807) is 0 Å². The summed E-state index contributed by atoms with van der Waals surface area (Å²) in [7, 11) is 0. The number of hydrogen-bond donors (Lipinski definition) is 0. The van der Waals surface area contributed by atoms with E-state index in [4.69, 9.17) is 0 Å². The Bertz CT molecular complexity index is 343. The molecule has 2 aliphatic rings. The van der Waals surface area contributed by atoms with E-state index in [1.807, 2.05) is 11.3 Å². The van der Waals surface area contributed by atoms with Gasteiger partial charge in [-0.25, -0.2) is 0 Å². The van der Waals surface area contributed by atoms with Crippen molar-refractivity contribution < 1.29 is 0 Å². The third-order valence-corrected chi connectivity index (χ3v) is 5.44. The molecule has 0 amide bonds. The molecule has 2 fully saturated rings. The first-order chi connectivity index (χ1) is 6.77. The molecule has 1 spiro atoms. The first-order valence-electron chi connectivity index (χ1n) is 5.22. The third kappa shape index (κ3) is 1.66. The molecule has 1 saturated heterocycles. The van der Waals surface area contributed by atoms with E-state index < -0.39 is 0 Å². The zero-order chi connectivity index (χ0) is 9.60. The van der Waals surface area contributed by atoms with Crippen molar-refractivity contribution >= 4 is 27.3 Å². The van der Waals surface area contributed by atoms with Gasteiger partial charge in [-0.15, -0.1) is 11.3 Å². The Morgan fingerprint density at radius 2 is 2.29 bits per heavy atom. The van der Waals surface area contributed by atoms with Gasteiger partial charge in [0.2, 0.25) is 0 Å². The van der Waals surface area contributed by atoms with E-state index in [1.165, 1.54) is 41.7 Å². The second kappa shape index (κ2) is 3.32. The molecule has 0 atom stereocenters. The number of thiophene rings is 1. The molecule has 1 aromatic heterocycles. The first kappa shape index (κ1) is 9.37. The van der Waals surface area contributed by atoms with Crippen molar-refractivity contribution in [1.82, 2.24) is 4.90 Å². The maximum atomic E-state index is 3.60. The van der Waals surface area contributed by atoms with Crippen molar-refractivity contribution in [3.8, 4) is 0 Å². The van der Waals surface area contributed by atoms with E-state index in [9.17, 15) is 0 Å². The summed E-state index contributed by atoms with van der Waals surface area (Å²) in [4.78, 5) is 4.10. The molecule has 0 aromatic carbocycles. The quantitative estimate of drug-likeness (QED) is 0.796. The third-order valence-electron chi connectivity index (χ3n) is 3.53. The van der Waals surface area contributed by atoms with E-state index in [2.05, 4.69) is 32.3 Å². The molecular weight excluding hydrogens is 258 g/mol. The van der Waals surface area contributed by atoms with E-state index in [-0.39, 0.29) is 0 Å². The second-order valence-electron chi connectivity index (χ2n) is 4.65. The molecule has 0 radical (unpaired) electrons. The van der Waals surface area contributed by atoms with E-state index in [0.29, 0.717) is 0 Å². The highest BCUT2D eigenvalue weighted by molar-refractivity contribution is 9.10. The fourth-order valence-corrected chi connectivity index (χ4v) is 3.91. The molecule has 2 heterocycles. The summed E-state index contributed by atoms with van der Waals surface area (Å²) in [6.07, 6.45) is 4.40. The molecular formula is C11H14BrNS. The zero-order valence-electron chi connectivity index (χ0n) is 8.13. The standard InChI is InChI=1S/C11H14BrNS/c12-9-1-6-14-10(9)7-13-5-4-11(8-13)2-3-11/h1,6H,2-5,7-8H2. The summed E-state index contributed by atoms with van der Waals surface area (Å²) >= 11 is 5.47. The average Bonchev–Trinajstić information content (AvgIpc) is 2.60. The molecule has 1 aliphatic heterocycles. The van der Waals surface area contributed by atoms with Crippen molar-refractivity contribution in [3.05, 3.63) is 20.8 Å². The molecule has 1 nitrogen and oxygen atoms in total. The summed E-state index contributed by atoms with van der Waals surface area (Å²) in [5.74, 6) is 0. The van der Waals surface area contributed by atoms with Gasteiger partial charge in [-0.05, 0) is 58.6 Å². The maximum absolute atomic E-state index is 3.60. The molecule has 3 heteroatoms. The summed E-state index contributed by atoms with van der Waals surface area (Å²) in [6.45, 7) is 3.81. The fraction of sp³-hybridized carbons (Fsp3) is 0.636. The molecule has 76 valence electrons. The highest BCUT2D eigenvalue weighted by atomic mass is 79.9. The fourth-order valence-electron chi connectivity index (χ4n) is 2.39. The van der Waals surface area contributed by atoms with Gasteiger partial charge in [-0.3, -0.25) is 4.90 Å². The zero-order valence-corrected chi connectivity index (χ0v) is 10.5. The van der Waals surface area contributed by atoms with Crippen LogP contribution < -0.4 is 0 Å². The van der Waals surface area contributed by atoms with Crippen LogP contribution in [-0.2, 0) is 6.54 Å². The van der Waals surface area contributed by atoms with Crippen LogP contribution in [0.15, 0.2) is 15.9 Å². The monoisotopic (exact) mass is 271 g/mol. The number of nitrogens with zero attached hydrogens (tertiary/aromatic N) is 1. The number of rotatable bonds is 2. The van der Waals surface area contributed by atoms with Crippen LogP contribution in [0.3, 0.4) is 0 Å². The number of hydrogen-bond acceptors (Lipinski definition) is 2. The van der Waals surface area contributed by atoms with Crippen LogP contribution in [0.5, 0.6) is 0 Å². The Morgan fingerprint density at radius 3 is 2.86 bits per heavy atom. The molecule has 0 bridgehead atoms. The summed E-state index contributed by atoms with van der Waals surface area (Å²) in [6, 6.07) is 2.16. The van der Waals surface area contributed by atoms with Crippen LogP contribution in [0.4, 0.5) is 0 Å². The van der Waals surface area contributed by atoms with Crippen LogP contribution >= 0.6 is 27.3 Å². The largest absolute Gasteiger partial charge is 0.298 e. The predicted molar refractivity (Wildman–Crippen MR) is 63.6 cm³/mol. The Morgan fingerprint density at radius 1 is 1.43 bits per heavy atom. The van der Waals surface area contributed by atoms with Crippen LogP contribution in [0.2, 0.25) is 0 Å². The van der Waals surface area contributed by atoms with Gasteiger partial charge in [0.25, 0.3) is 0 Å². The van der Waals surface area contributed by atoms with Crippen LogP contribution in [-0.4, -0.2) is 18.0 Å². The molecule has 3 rings (SSSR count). The minimum atomic E-state index is 0.768. The predicted octanol–water partition coefficient (Wildman–Crippen LogP) is 3.50. The molecule has 1 aliphatic carbocycles. The Hall–Kier alpha value is 0.140. The normalized spacial score (nSPS) is 24.6. The van der Waals surface area contributed by atoms with Crippen molar-refractivity contribution in [1.29, 1.82) is 0 Å². The van der Waals surface area contributed by atoms with Gasteiger partial charge in [0.1, 0.15) is 0 Å². The molecule has 1 saturated carbocycles. The lowest BCUT2D eigenvalue weighted by Gasteiger charge is -2.14. The van der Waals surface area contributed by atoms with Gasteiger partial charge in [-0.1, -0.05) is 0 Å². The topological polar surface area (TPSA) is 3.24 Å². The molecule has 0 unspecified atom stereocenters. The lowest BCUT2D eigenvalue weighted by atomic mass is 10.1. The van der Waals surface area contributed by atoms with E-state index >= 15 is 0 Å². The Labute approximate surface area is 97.2 Å². The van der Waals surface area contributed by atoms with Gasteiger partial charge in [0, 0.05) is 22.4 Å². The summed E-state index contributed by atoms with van der Waals surface area (Å²) < 4.78 is 1.29. The van der Waals surface area contributed by atoms with Gasteiger partial charge < -0.3 is 0 Å². The highest BCUT2D eigenvalue weighted by Gasteiger charge is 2.47. The lowest BCUT2D eigenvalue weighted by Crippen LogP contribution is -2.19. The van der Waals surface area contributed by atoms with Gasteiger partial charge in [0.15, 0.2) is 0 Å². The van der Waals surface area contributed by atoms with Gasteiger partial charge in [0.05, 0.1) is 0 Å². The summed E-state index contributed by atoms with van der Waals surface area (Å²) in [5.41, 5.74) is 0.768. The highest BCUT2D eigenvalue weighted by Crippen LogP contribution is 2.52. The molecule has 14 heavy (non-hydrogen) atoms. The SMILES string of the molecule is Brc1ccsc1CN1CCC2(CC2)C1. The summed E-state index contributed by atoms with van der Waals surface area (Å²) in [5, 5.41) is 2.17. The van der Waals surface area contributed by atoms with Crippen LogP contribution in [0.1, 0.15) is 24.1 Å². The van der Waals surface area contributed by atoms with Crippen LogP contribution in [0.25, 0.3) is 0 Å². The van der Waals surface area contributed by atoms with E-state index in [0.717, 1.165) is 12.0 Å². The van der Waals surface area contributed by atoms with Crippen molar-refractivity contribution in [3.63, 3.8) is 0 Å². The van der Waals surface area contributed by atoms with Crippen molar-refractivity contribution in [2.24, 2.45) is 5.41 Å². The van der Waals surface area contributed by atoms with Crippen LogP contribution in [0, 0.1) is 5.41 Å². The molecule has 0 N–H and O–H groups in total. The first-order valence-corrected chi connectivity index (χ1v) is 6.89.